The van der Waals surface area contributed by atoms with E-state index < -0.39 is 5.92 Å². The van der Waals surface area contributed by atoms with E-state index in [2.05, 4.69) is 62.4 Å². The molecule has 0 amide bonds. The fourth-order valence-electron chi connectivity index (χ4n) is 6.11. The molecule has 0 fully saturated rings. The maximum absolute atomic E-state index is 13.8. The number of rotatable bonds is 7. The molecule has 1 aromatic rings. The minimum absolute atomic E-state index is 0.119. The Kier molecular flexibility index (Phi) is 7.49. The molecule has 4 rings (SSSR count). The lowest BCUT2D eigenvalue weighted by Crippen LogP contribution is -2.44. The number of ether oxygens (including phenoxy) is 2. The topological polar surface area (TPSA) is 55.8 Å². The fourth-order valence-corrected chi connectivity index (χ4v) is 6.66. The summed E-state index contributed by atoms with van der Waals surface area (Å²) in [7, 11) is 0. The highest BCUT2D eigenvalue weighted by Gasteiger charge is 2.49. The van der Waals surface area contributed by atoms with Crippen LogP contribution in [0.2, 0.25) is 0 Å². The van der Waals surface area contributed by atoms with Crippen LogP contribution >= 0.6 is 15.9 Å². The molecule has 6 heteroatoms. The zero-order valence-electron chi connectivity index (χ0n) is 22.8. The largest absolute Gasteiger partial charge is 0.490 e. The number of carbonyl (C=O) groups excluding carboxylic acids is 2. The number of halogens is 1. The smallest absolute Gasteiger partial charge is 0.162 e. The molecule has 0 saturated heterocycles. The molecule has 36 heavy (non-hydrogen) atoms. The van der Waals surface area contributed by atoms with Crippen LogP contribution in [0.5, 0.6) is 11.5 Å². The van der Waals surface area contributed by atoms with Crippen molar-refractivity contribution in [3.63, 3.8) is 0 Å². The van der Waals surface area contributed by atoms with Gasteiger partial charge in [-0.15, -0.1) is 0 Å². The molecular formula is C30H40BrNO4. The minimum atomic E-state index is -0.404. The highest BCUT2D eigenvalue weighted by atomic mass is 79.9. The molecule has 196 valence electrons. The van der Waals surface area contributed by atoms with Crippen molar-refractivity contribution in [3.8, 4) is 11.5 Å². The highest BCUT2D eigenvalue weighted by Crippen LogP contribution is 2.55. The third-order valence-corrected chi connectivity index (χ3v) is 8.16. The van der Waals surface area contributed by atoms with E-state index in [1.807, 2.05) is 19.1 Å². The predicted molar refractivity (Wildman–Crippen MR) is 146 cm³/mol. The predicted octanol–water partition coefficient (Wildman–Crippen LogP) is 7.34. The molecule has 0 N–H and O–H groups in total. The Balaban J connectivity index is 1.99. The summed E-state index contributed by atoms with van der Waals surface area (Å²) in [5.41, 5.74) is 4.41. The van der Waals surface area contributed by atoms with Gasteiger partial charge in [0.2, 0.25) is 0 Å². The third kappa shape index (κ3) is 4.90. The van der Waals surface area contributed by atoms with Crippen molar-refractivity contribution in [2.45, 2.75) is 86.5 Å². The van der Waals surface area contributed by atoms with Crippen molar-refractivity contribution in [1.29, 1.82) is 0 Å². The fraction of sp³-hybridized carbons (Fsp3) is 0.600. The number of hydrogen-bond acceptors (Lipinski definition) is 5. The van der Waals surface area contributed by atoms with E-state index in [-0.39, 0.29) is 22.4 Å². The van der Waals surface area contributed by atoms with Crippen LogP contribution in [0.1, 0.15) is 92.1 Å². The van der Waals surface area contributed by atoms with E-state index in [0.29, 0.717) is 37.6 Å². The minimum Gasteiger partial charge on any atom is -0.490 e. The summed E-state index contributed by atoms with van der Waals surface area (Å²) in [4.78, 5) is 30.0. The number of allylic oxidation sites excluding steroid dienone is 4. The van der Waals surface area contributed by atoms with Crippen molar-refractivity contribution in [2.75, 3.05) is 19.8 Å². The van der Waals surface area contributed by atoms with Crippen LogP contribution in [0.4, 0.5) is 0 Å². The molecule has 1 aromatic carbocycles. The standard InChI is InChI=1S/C30H40BrNO4/c1-8-11-36-25-13-19(31)18(12-24(25)35-10-3)26-27-20(14-29(4,5)16-22(27)33)32(9-2)21-15-30(6,7)17-23(34)28(21)26/h12-13,26H,8-11,14-17H2,1-7H3. The van der Waals surface area contributed by atoms with Gasteiger partial charge in [-0.3, -0.25) is 9.59 Å². The second-order valence-corrected chi connectivity index (χ2v) is 12.7. The third-order valence-electron chi connectivity index (χ3n) is 7.47. The second-order valence-electron chi connectivity index (χ2n) is 11.9. The summed E-state index contributed by atoms with van der Waals surface area (Å²) in [6, 6.07) is 3.93. The molecule has 0 unspecified atom stereocenters. The van der Waals surface area contributed by atoms with Gasteiger partial charge in [0.05, 0.1) is 13.2 Å². The first-order valence-corrected chi connectivity index (χ1v) is 14.1. The monoisotopic (exact) mass is 557 g/mol. The van der Waals surface area contributed by atoms with Gasteiger partial charge in [0, 0.05) is 52.3 Å². The molecule has 0 spiro atoms. The maximum atomic E-state index is 13.8. The maximum Gasteiger partial charge on any atom is 0.162 e. The highest BCUT2D eigenvalue weighted by molar-refractivity contribution is 9.10. The molecule has 0 radical (unpaired) electrons. The first-order chi connectivity index (χ1) is 16.9. The van der Waals surface area contributed by atoms with Gasteiger partial charge in [-0.05, 0) is 61.6 Å². The number of benzene rings is 1. The van der Waals surface area contributed by atoms with E-state index >= 15 is 0 Å². The van der Waals surface area contributed by atoms with Gasteiger partial charge in [-0.1, -0.05) is 50.5 Å². The van der Waals surface area contributed by atoms with Crippen molar-refractivity contribution < 1.29 is 19.1 Å². The van der Waals surface area contributed by atoms with Crippen molar-refractivity contribution >= 4 is 27.5 Å². The van der Waals surface area contributed by atoms with E-state index in [1.54, 1.807) is 0 Å². The number of hydrogen-bond donors (Lipinski definition) is 0. The Morgan fingerprint density at radius 2 is 1.39 bits per heavy atom. The van der Waals surface area contributed by atoms with E-state index in [0.717, 1.165) is 58.4 Å². The van der Waals surface area contributed by atoms with Gasteiger partial charge in [0.1, 0.15) is 0 Å². The number of carbonyl (C=O) groups is 2. The Hall–Kier alpha value is -2.08. The summed E-state index contributed by atoms with van der Waals surface area (Å²) in [5, 5.41) is 0. The molecule has 1 aliphatic heterocycles. The molecule has 0 bridgehead atoms. The summed E-state index contributed by atoms with van der Waals surface area (Å²) in [5.74, 6) is 1.21. The van der Waals surface area contributed by atoms with Gasteiger partial charge in [0.15, 0.2) is 23.1 Å². The summed E-state index contributed by atoms with van der Waals surface area (Å²) >= 11 is 3.79. The van der Waals surface area contributed by atoms with E-state index in [9.17, 15) is 9.59 Å². The van der Waals surface area contributed by atoms with Crippen LogP contribution in [-0.4, -0.2) is 36.2 Å². The molecule has 5 nitrogen and oxygen atoms in total. The average molecular weight is 559 g/mol. The Morgan fingerprint density at radius 1 is 0.861 bits per heavy atom. The van der Waals surface area contributed by atoms with Gasteiger partial charge in [-0.25, -0.2) is 0 Å². The van der Waals surface area contributed by atoms with Crippen LogP contribution in [0.15, 0.2) is 39.1 Å². The lowest BCUT2D eigenvalue weighted by Gasteiger charge is -2.49. The Bertz CT molecular complexity index is 1090. The van der Waals surface area contributed by atoms with Gasteiger partial charge >= 0.3 is 0 Å². The lowest BCUT2D eigenvalue weighted by molar-refractivity contribution is -0.119. The van der Waals surface area contributed by atoms with Crippen LogP contribution in [0.25, 0.3) is 0 Å². The number of nitrogens with zero attached hydrogens (tertiary/aromatic N) is 1. The zero-order valence-corrected chi connectivity index (χ0v) is 24.4. The quantitative estimate of drug-likeness (QED) is 0.351. The Morgan fingerprint density at radius 3 is 1.86 bits per heavy atom. The van der Waals surface area contributed by atoms with Gasteiger partial charge < -0.3 is 14.4 Å². The van der Waals surface area contributed by atoms with Crippen LogP contribution in [0, 0.1) is 10.8 Å². The van der Waals surface area contributed by atoms with Crippen molar-refractivity contribution in [2.24, 2.45) is 10.8 Å². The normalized spacial score (nSPS) is 21.5. The molecule has 0 saturated carbocycles. The molecule has 3 aliphatic rings. The van der Waals surface area contributed by atoms with E-state index in [4.69, 9.17) is 9.47 Å². The van der Waals surface area contributed by atoms with Crippen LogP contribution < -0.4 is 9.47 Å². The van der Waals surface area contributed by atoms with Gasteiger partial charge in [-0.2, -0.15) is 0 Å². The molecule has 0 atom stereocenters. The zero-order chi connectivity index (χ0) is 26.4. The first-order valence-electron chi connectivity index (χ1n) is 13.3. The van der Waals surface area contributed by atoms with Gasteiger partial charge in [0.25, 0.3) is 0 Å². The lowest BCUT2D eigenvalue weighted by atomic mass is 9.63. The number of ketones is 2. The Labute approximate surface area is 224 Å². The summed E-state index contributed by atoms with van der Waals surface area (Å²) < 4.78 is 12.8. The first kappa shape index (κ1) is 27.0. The molecule has 0 aromatic heterocycles. The van der Waals surface area contributed by atoms with Crippen molar-refractivity contribution in [1.82, 2.24) is 4.90 Å². The summed E-state index contributed by atoms with van der Waals surface area (Å²) in [6.07, 6.45) is 3.49. The molecule has 1 heterocycles. The second kappa shape index (κ2) is 10.00. The average Bonchev–Trinajstić information content (AvgIpc) is 2.76. The van der Waals surface area contributed by atoms with E-state index in [1.165, 1.54) is 0 Å². The molecular weight excluding hydrogens is 518 g/mol. The summed E-state index contributed by atoms with van der Waals surface area (Å²) in [6.45, 7) is 16.6. The SMILES string of the molecule is CCCOc1cc(Br)c(C2C3=C(CC(C)(C)CC3=O)N(CC)C3=C2C(=O)CC(C)(C)C3)cc1OCC. The number of Topliss-reactive ketones (excluding diaryl/α,β-unsaturated/α-hetero) is 2. The van der Waals surface area contributed by atoms with Crippen LogP contribution in [-0.2, 0) is 9.59 Å². The molecule has 2 aliphatic carbocycles. The van der Waals surface area contributed by atoms with Crippen LogP contribution in [0.3, 0.4) is 0 Å². The van der Waals surface area contributed by atoms with Crippen molar-refractivity contribution in [3.05, 3.63) is 44.7 Å².